The van der Waals surface area contributed by atoms with E-state index in [2.05, 4.69) is 5.32 Å². The van der Waals surface area contributed by atoms with Gasteiger partial charge in [0.2, 0.25) is 11.8 Å². The van der Waals surface area contributed by atoms with E-state index in [4.69, 9.17) is 11.6 Å². The molecule has 2 amide bonds. The highest BCUT2D eigenvalue weighted by atomic mass is 35.5. The van der Waals surface area contributed by atoms with Crippen molar-refractivity contribution in [3.8, 4) is 0 Å². The van der Waals surface area contributed by atoms with Crippen molar-refractivity contribution < 1.29 is 9.59 Å². The lowest BCUT2D eigenvalue weighted by molar-refractivity contribution is -0.129. The molecule has 0 aliphatic carbocycles. The highest BCUT2D eigenvalue weighted by Crippen LogP contribution is 2.09. The van der Waals surface area contributed by atoms with Gasteiger partial charge in [-0.15, -0.1) is 0 Å². The van der Waals surface area contributed by atoms with Crippen LogP contribution < -0.4 is 5.32 Å². The lowest BCUT2D eigenvalue weighted by Crippen LogP contribution is -2.41. The molecular formula is C16H24ClN3O2. The second-order valence-electron chi connectivity index (χ2n) is 5.46. The lowest BCUT2D eigenvalue weighted by Gasteiger charge is -2.23. The van der Waals surface area contributed by atoms with Crippen molar-refractivity contribution in [2.75, 3.05) is 40.3 Å². The van der Waals surface area contributed by atoms with E-state index in [0.29, 0.717) is 31.1 Å². The van der Waals surface area contributed by atoms with Gasteiger partial charge in [0.1, 0.15) is 0 Å². The molecule has 1 aromatic rings. The van der Waals surface area contributed by atoms with Crippen LogP contribution >= 0.6 is 11.6 Å². The third-order valence-electron chi connectivity index (χ3n) is 3.24. The number of halogens is 1. The fourth-order valence-electron chi connectivity index (χ4n) is 1.93. The van der Waals surface area contributed by atoms with Crippen molar-refractivity contribution in [2.45, 2.75) is 13.3 Å². The van der Waals surface area contributed by atoms with Crippen LogP contribution in [0.15, 0.2) is 24.3 Å². The molecule has 0 unspecified atom stereocenters. The van der Waals surface area contributed by atoms with Crippen LogP contribution in [0.25, 0.3) is 0 Å². The van der Waals surface area contributed by atoms with Crippen molar-refractivity contribution in [3.05, 3.63) is 34.9 Å². The molecule has 0 saturated heterocycles. The number of nitrogens with zero attached hydrogens (tertiary/aromatic N) is 2. The predicted molar refractivity (Wildman–Crippen MR) is 89.0 cm³/mol. The Kier molecular flexibility index (Phi) is 7.91. The fraction of sp³-hybridized carbons (Fsp3) is 0.500. The van der Waals surface area contributed by atoms with Gasteiger partial charge in [-0.25, -0.2) is 0 Å². The highest BCUT2D eigenvalue weighted by molar-refractivity contribution is 6.30. The monoisotopic (exact) mass is 325 g/mol. The zero-order valence-electron chi connectivity index (χ0n) is 13.4. The maximum Gasteiger partial charge on any atom is 0.224 e. The van der Waals surface area contributed by atoms with Gasteiger partial charge in [0, 0.05) is 38.1 Å². The number of hydrogen-bond donors (Lipinski definition) is 1. The largest absolute Gasteiger partial charge is 0.354 e. The molecule has 0 saturated carbocycles. The molecule has 1 aromatic carbocycles. The average molecular weight is 326 g/mol. The molecule has 0 aliphatic heterocycles. The SMILES string of the molecule is CC(=O)N(CCNC(=O)Cc1ccc(Cl)cc1)CCN(C)C. The minimum Gasteiger partial charge on any atom is -0.354 e. The highest BCUT2D eigenvalue weighted by Gasteiger charge is 2.09. The first-order valence-corrected chi connectivity index (χ1v) is 7.67. The summed E-state index contributed by atoms with van der Waals surface area (Å²) in [6, 6.07) is 7.20. The smallest absolute Gasteiger partial charge is 0.224 e. The molecule has 0 atom stereocenters. The van der Waals surface area contributed by atoms with Crippen LogP contribution in [0.5, 0.6) is 0 Å². The number of rotatable bonds is 8. The first-order valence-electron chi connectivity index (χ1n) is 7.30. The van der Waals surface area contributed by atoms with Crippen LogP contribution in [0.1, 0.15) is 12.5 Å². The number of amides is 2. The fourth-order valence-corrected chi connectivity index (χ4v) is 2.05. The van der Waals surface area contributed by atoms with Crippen molar-refractivity contribution in [1.29, 1.82) is 0 Å². The third kappa shape index (κ3) is 7.43. The summed E-state index contributed by atoms with van der Waals surface area (Å²) in [6.45, 7) is 3.99. The number of hydrogen-bond acceptors (Lipinski definition) is 3. The van der Waals surface area contributed by atoms with Crippen molar-refractivity contribution in [1.82, 2.24) is 15.1 Å². The molecule has 6 heteroatoms. The molecule has 1 rings (SSSR count). The van der Waals surface area contributed by atoms with E-state index in [0.717, 1.165) is 12.1 Å². The minimum atomic E-state index is -0.0570. The number of likely N-dealkylation sites (N-methyl/N-ethyl adjacent to an activating group) is 1. The molecular weight excluding hydrogens is 302 g/mol. The quantitative estimate of drug-likeness (QED) is 0.786. The van der Waals surface area contributed by atoms with Gasteiger partial charge < -0.3 is 15.1 Å². The molecule has 0 spiro atoms. The Bertz CT molecular complexity index is 489. The number of carbonyl (C=O) groups is 2. The summed E-state index contributed by atoms with van der Waals surface area (Å²) in [4.78, 5) is 27.2. The van der Waals surface area contributed by atoms with Gasteiger partial charge in [0.05, 0.1) is 6.42 Å². The second kappa shape index (κ2) is 9.43. The molecule has 0 heterocycles. The zero-order valence-corrected chi connectivity index (χ0v) is 14.2. The van der Waals surface area contributed by atoms with Crippen LogP contribution in [0.4, 0.5) is 0 Å². The molecule has 0 radical (unpaired) electrons. The van der Waals surface area contributed by atoms with E-state index < -0.39 is 0 Å². The molecule has 0 aromatic heterocycles. The summed E-state index contributed by atoms with van der Waals surface area (Å²) < 4.78 is 0. The Morgan fingerprint density at radius 1 is 1.09 bits per heavy atom. The van der Waals surface area contributed by atoms with Crippen molar-refractivity contribution in [3.63, 3.8) is 0 Å². The first-order chi connectivity index (χ1) is 10.4. The summed E-state index contributed by atoms with van der Waals surface area (Å²) in [5, 5.41) is 3.49. The number of benzene rings is 1. The van der Waals surface area contributed by atoms with E-state index in [1.54, 1.807) is 24.0 Å². The molecule has 0 aliphatic rings. The number of carbonyl (C=O) groups excluding carboxylic acids is 2. The van der Waals surface area contributed by atoms with Crippen LogP contribution in [-0.4, -0.2) is 61.9 Å². The van der Waals surface area contributed by atoms with Gasteiger partial charge in [-0.1, -0.05) is 23.7 Å². The van der Waals surface area contributed by atoms with E-state index >= 15 is 0 Å². The van der Waals surface area contributed by atoms with E-state index in [1.165, 1.54) is 0 Å². The third-order valence-corrected chi connectivity index (χ3v) is 3.50. The molecule has 1 N–H and O–H groups in total. The standard InChI is InChI=1S/C16H24ClN3O2/c1-13(21)20(11-10-19(2)3)9-8-18-16(22)12-14-4-6-15(17)7-5-14/h4-7H,8-12H2,1-3H3,(H,18,22). The first kappa shape index (κ1) is 18.5. The maximum atomic E-state index is 11.9. The summed E-state index contributed by atoms with van der Waals surface area (Å²) in [7, 11) is 3.93. The van der Waals surface area contributed by atoms with E-state index in [1.807, 2.05) is 31.1 Å². The summed E-state index contributed by atoms with van der Waals surface area (Å²) in [5.74, 6) is -0.0350. The molecule has 5 nitrogen and oxygen atoms in total. The molecule has 122 valence electrons. The van der Waals surface area contributed by atoms with Crippen LogP contribution in [0.3, 0.4) is 0 Å². The molecule has 22 heavy (non-hydrogen) atoms. The lowest BCUT2D eigenvalue weighted by atomic mass is 10.1. The Balaban J connectivity index is 2.33. The Morgan fingerprint density at radius 3 is 2.27 bits per heavy atom. The van der Waals surface area contributed by atoms with E-state index in [-0.39, 0.29) is 11.8 Å². The molecule has 0 bridgehead atoms. The average Bonchev–Trinajstić information content (AvgIpc) is 2.44. The summed E-state index contributed by atoms with van der Waals surface area (Å²) >= 11 is 5.81. The van der Waals surface area contributed by atoms with Crippen LogP contribution in [-0.2, 0) is 16.0 Å². The Morgan fingerprint density at radius 2 is 1.73 bits per heavy atom. The van der Waals surface area contributed by atoms with Crippen molar-refractivity contribution >= 4 is 23.4 Å². The van der Waals surface area contributed by atoms with Gasteiger partial charge in [0.15, 0.2) is 0 Å². The van der Waals surface area contributed by atoms with Crippen molar-refractivity contribution in [2.24, 2.45) is 0 Å². The second-order valence-corrected chi connectivity index (χ2v) is 5.90. The zero-order chi connectivity index (χ0) is 16.5. The van der Waals surface area contributed by atoms with Gasteiger partial charge in [-0.2, -0.15) is 0 Å². The minimum absolute atomic E-state index is 0.0220. The van der Waals surface area contributed by atoms with Crippen LogP contribution in [0, 0.1) is 0 Å². The van der Waals surface area contributed by atoms with Gasteiger partial charge >= 0.3 is 0 Å². The predicted octanol–water partition coefficient (Wildman–Crippen LogP) is 1.41. The van der Waals surface area contributed by atoms with Gasteiger partial charge in [0.25, 0.3) is 0 Å². The number of nitrogens with one attached hydrogen (secondary N) is 1. The van der Waals surface area contributed by atoms with Crippen LogP contribution in [0.2, 0.25) is 5.02 Å². The molecule has 0 fully saturated rings. The van der Waals surface area contributed by atoms with E-state index in [9.17, 15) is 9.59 Å². The summed E-state index contributed by atoms with van der Waals surface area (Å²) in [6.07, 6.45) is 0.314. The van der Waals surface area contributed by atoms with Gasteiger partial charge in [-0.05, 0) is 31.8 Å². The Labute approximate surface area is 137 Å². The normalized spacial score (nSPS) is 10.6. The topological polar surface area (TPSA) is 52.7 Å². The Hall–Kier alpha value is -1.59. The van der Waals surface area contributed by atoms with Gasteiger partial charge in [-0.3, -0.25) is 9.59 Å². The maximum absolute atomic E-state index is 11.9. The summed E-state index contributed by atoms with van der Waals surface area (Å²) in [5.41, 5.74) is 0.915.